The van der Waals surface area contributed by atoms with Crippen LogP contribution >= 0.6 is 15.9 Å². The fraction of sp³-hybridized carbons (Fsp3) is 0.538. The number of methoxy groups -OCH3 is 1. The van der Waals surface area contributed by atoms with Crippen molar-refractivity contribution in [3.8, 4) is 0 Å². The minimum absolute atomic E-state index is 0.770. The van der Waals surface area contributed by atoms with Crippen LogP contribution < -0.4 is 10.6 Å². The summed E-state index contributed by atoms with van der Waals surface area (Å²) in [7, 11) is 1.72. The summed E-state index contributed by atoms with van der Waals surface area (Å²) in [5.74, 6) is 0. The van der Waals surface area contributed by atoms with Gasteiger partial charge in [0.05, 0.1) is 6.61 Å². The summed E-state index contributed by atoms with van der Waals surface area (Å²) in [5.41, 5.74) is 2.60. The van der Waals surface area contributed by atoms with E-state index in [2.05, 4.69) is 51.7 Å². The molecule has 1 aromatic rings. The molecule has 96 valence electrons. The fourth-order valence-electron chi connectivity index (χ4n) is 1.53. The molecule has 4 heteroatoms. The molecule has 0 bridgehead atoms. The van der Waals surface area contributed by atoms with Crippen molar-refractivity contribution >= 4 is 15.9 Å². The highest BCUT2D eigenvalue weighted by Gasteiger charge is 1.96. The third-order valence-corrected chi connectivity index (χ3v) is 3.40. The summed E-state index contributed by atoms with van der Waals surface area (Å²) in [6.45, 7) is 6.65. The number of benzene rings is 1. The molecule has 0 heterocycles. The van der Waals surface area contributed by atoms with Gasteiger partial charge in [0.1, 0.15) is 0 Å². The van der Waals surface area contributed by atoms with E-state index in [1.54, 1.807) is 7.11 Å². The molecule has 0 spiro atoms. The molecule has 0 saturated heterocycles. The minimum Gasteiger partial charge on any atom is -0.383 e. The van der Waals surface area contributed by atoms with Gasteiger partial charge in [0.25, 0.3) is 0 Å². The first kappa shape index (κ1) is 14.6. The Hall–Kier alpha value is -0.420. The van der Waals surface area contributed by atoms with Crippen LogP contribution in [0.15, 0.2) is 22.7 Å². The van der Waals surface area contributed by atoms with Crippen molar-refractivity contribution in [2.24, 2.45) is 0 Å². The normalized spacial score (nSPS) is 10.8. The number of halogens is 1. The number of rotatable bonds is 8. The minimum atomic E-state index is 0.770. The monoisotopic (exact) mass is 300 g/mol. The third kappa shape index (κ3) is 6.17. The summed E-state index contributed by atoms with van der Waals surface area (Å²) in [4.78, 5) is 0. The molecule has 0 saturated carbocycles. The van der Waals surface area contributed by atoms with Crippen molar-refractivity contribution in [3.63, 3.8) is 0 Å². The largest absolute Gasteiger partial charge is 0.383 e. The van der Waals surface area contributed by atoms with Gasteiger partial charge in [-0.15, -0.1) is 0 Å². The molecule has 0 aromatic heterocycles. The first-order chi connectivity index (χ1) is 8.24. The number of nitrogens with one attached hydrogen (secondary N) is 2. The van der Waals surface area contributed by atoms with Gasteiger partial charge < -0.3 is 15.4 Å². The van der Waals surface area contributed by atoms with E-state index < -0.39 is 0 Å². The lowest BCUT2D eigenvalue weighted by Crippen LogP contribution is -2.29. The van der Waals surface area contributed by atoms with Crippen molar-refractivity contribution in [1.82, 2.24) is 10.6 Å². The first-order valence-corrected chi connectivity index (χ1v) is 6.68. The number of hydrogen-bond donors (Lipinski definition) is 2. The van der Waals surface area contributed by atoms with Crippen LogP contribution in [-0.2, 0) is 11.3 Å². The molecule has 0 aliphatic heterocycles. The standard InChI is InChI=1S/C13H21BrN2O/c1-11-9-12(3-4-13(11)14)10-16-6-5-15-7-8-17-2/h3-4,9,15-16H,5-8,10H2,1-2H3. The van der Waals surface area contributed by atoms with E-state index >= 15 is 0 Å². The molecule has 0 amide bonds. The fourth-order valence-corrected chi connectivity index (χ4v) is 1.77. The van der Waals surface area contributed by atoms with Gasteiger partial charge in [-0.2, -0.15) is 0 Å². The van der Waals surface area contributed by atoms with Gasteiger partial charge in [0.2, 0.25) is 0 Å². The van der Waals surface area contributed by atoms with Crippen LogP contribution in [0.4, 0.5) is 0 Å². The van der Waals surface area contributed by atoms with Crippen molar-refractivity contribution in [2.75, 3.05) is 33.4 Å². The molecule has 1 rings (SSSR count). The van der Waals surface area contributed by atoms with Gasteiger partial charge in [-0.25, -0.2) is 0 Å². The van der Waals surface area contributed by atoms with E-state index in [1.165, 1.54) is 15.6 Å². The van der Waals surface area contributed by atoms with Crippen LogP contribution in [-0.4, -0.2) is 33.4 Å². The summed E-state index contributed by atoms with van der Waals surface area (Å²) in [6, 6.07) is 6.45. The van der Waals surface area contributed by atoms with Gasteiger partial charge in [-0.3, -0.25) is 0 Å². The number of hydrogen-bond acceptors (Lipinski definition) is 3. The van der Waals surface area contributed by atoms with Crippen LogP contribution in [0.5, 0.6) is 0 Å². The van der Waals surface area contributed by atoms with Gasteiger partial charge in [0.15, 0.2) is 0 Å². The Labute approximate surface area is 112 Å². The van der Waals surface area contributed by atoms with E-state index in [0.717, 1.165) is 32.8 Å². The zero-order valence-corrected chi connectivity index (χ0v) is 12.1. The van der Waals surface area contributed by atoms with Gasteiger partial charge in [-0.1, -0.05) is 28.1 Å². The lowest BCUT2D eigenvalue weighted by Gasteiger charge is -2.07. The Bertz CT molecular complexity index is 331. The average Bonchev–Trinajstić information content (AvgIpc) is 2.32. The van der Waals surface area contributed by atoms with Crippen LogP contribution in [0, 0.1) is 6.92 Å². The molecular formula is C13H21BrN2O. The summed E-state index contributed by atoms with van der Waals surface area (Å²) in [5, 5.41) is 6.70. The van der Waals surface area contributed by atoms with E-state index in [0.29, 0.717) is 0 Å². The summed E-state index contributed by atoms with van der Waals surface area (Å²) in [6.07, 6.45) is 0. The lowest BCUT2D eigenvalue weighted by molar-refractivity contribution is 0.199. The van der Waals surface area contributed by atoms with Crippen LogP contribution in [0.1, 0.15) is 11.1 Å². The lowest BCUT2D eigenvalue weighted by atomic mass is 10.1. The van der Waals surface area contributed by atoms with E-state index in [9.17, 15) is 0 Å². The van der Waals surface area contributed by atoms with Crippen molar-refractivity contribution in [3.05, 3.63) is 33.8 Å². The summed E-state index contributed by atoms with van der Waals surface area (Å²) < 4.78 is 6.12. The molecule has 1 aromatic carbocycles. The van der Waals surface area contributed by atoms with Gasteiger partial charge in [-0.05, 0) is 24.1 Å². The maximum absolute atomic E-state index is 4.95. The molecular weight excluding hydrogens is 280 g/mol. The Morgan fingerprint density at radius 2 is 1.94 bits per heavy atom. The zero-order chi connectivity index (χ0) is 12.5. The highest BCUT2D eigenvalue weighted by atomic mass is 79.9. The van der Waals surface area contributed by atoms with Crippen LogP contribution in [0.2, 0.25) is 0 Å². The Balaban J connectivity index is 2.11. The van der Waals surface area contributed by atoms with Gasteiger partial charge in [0, 0.05) is 37.8 Å². The highest BCUT2D eigenvalue weighted by Crippen LogP contribution is 2.16. The van der Waals surface area contributed by atoms with Crippen LogP contribution in [0.25, 0.3) is 0 Å². The molecule has 0 unspecified atom stereocenters. The molecule has 2 N–H and O–H groups in total. The second-order valence-electron chi connectivity index (χ2n) is 4.00. The quantitative estimate of drug-likeness (QED) is 0.721. The predicted molar refractivity (Wildman–Crippen MR) is 75.3 cm³/mol. The maximum atomic E-state index is 4.95. The second-order valence-corrected chi connectivity index (χ2v) is 4.86. The zero-order valence-electron chi connectivity index (χ0n) is 10.6. The van der Waals surface area contributed by atoms with Crippen LogP contribution in [0.3, 0.4) is 0 Å². The van der Waals surface area contributed by atoms with Crippen molar-refractivity contribution < 1.29 is 4.74 Å². The molecule has 3 nitrogen and oxygen atoms in total. The molecule has 0 fully saturated rings. The Morgan fingerprint density at radius 1 is 1.18 bits per heavy atom. The summed E-state index contributed by atoms with van der Waals surface area (Å²) >= 11 is 3.50. The highest BCUT2D eigenvalue weighted by molar-refractivity contribution is 9.10. The molecule has 17 heavy (non-hydrogen) atoms. The Morgan fingerprint density at radius 3 is 2.65 bits per heavy atom. The molecule has 0 atom stereocenters. The molecule has 0 aliphatic carbocycles. The van der Waals surface area contributed by atoms with E-state index in [-0.39, 0.29) is 0 Å². The SMILES string of the molecule is COCCNCCNCc1ccc(Br)c(C)c1. The average molecular weight is 301 g/mol. The third-order valence-electron chi connectivity index (χ3n) is 2.51. The smallest absolute Gasteiger partial charge is 0.0587 e. The number of ether oxygens (including phenoxy) is 1. The second kappa shape index (κ2) is 8.64. The van der Waals surface area contributed by atoms with E-state index in [1.807, 2.05) is 0 Å². The molecule has 0 radical (unpaired) electrons. The molecule has 0 aliphatic rings. The van der Waals surface area contributed by atoms with Crippen molar-refractivity contribution in [2.45, 2.75) is 13.5 Å². The maximum Gasteiger partial charge on any atom is 0.0587 e. The predicted octanol–water partition coefficient (Wildman–Crippen LogP) is 2.08. The Kier molecular flexibility index (Phi) is 7.44. The van der Waals surface area contributed by atoms with E-state index in [4.69, 9.17) is 4.74 Å². The van der Waals surface area contributed by atoms with Gasteiger partial charge >= 0.3 is 0 Å². The number of aryl methyl sites for hydroxylation is 1. The topological polar surface area (TPSA) is 33.3 Å². The first-order valence-electron chi connectivity index (χ1n) is 5.89. The van der Waals surface area contributed by atoms with Crippen molar-refractivity contribution in [1.29, 1.82) is 0 Å².